The highest BCUT2D eigenvalue weighted by Gasteiger charge is 2.24. The van der Waals surface area contributed by atoms with Crippen LogP contribution >= 0.6 is 11.6 Å². The molecule has 106 valence electrons. The fourth-order valence-corrected chi connectivity index (χ4v) is 2.53. The molecule has 0 aliphatic carbocycles. The molecule has 1 N–H and O–H groups in total. The zero-order valence-corrected chi connectivity index (χ0v) is 12.5. The number of anilines is 1. The van der Waals surface area contributed by atoms with Crippen molar-refractivity contribution in [3.05, 3.63) is 17.0 Å². The molecule has 0 saturated carbocycles. The number of halogens is 1. The topological polar surface area (TPSA) is 52.5 Å². The number of hydrogen-bond acceptors (Lipinski definition) is 5. The minimum Gasteiger partial charge on any atom is -0.389 e. The van der Waals surface area contributed by atoms with Crippen LogP contribution in [-0.4, -0.2) is 58.3 Å². The summed E-state index contributed by atoms with van der Waals surface area (Å²) in [5.74, 6) is 0.919. The maximum Gasteiger partial charge on any atom is 0.137 e. The van der Waals surface area contributed by atoms with Crippen LogP contribution < -0.4 is 4.90 Å². The summed E-state index contributed by atoms with van der Waals surface area (Å²) >= 11 is 6.03. The van der Waals surface area contributed by atoms with Gasteiger partial charge in [0.25, 0.3) is 0 Å². The van der Waals surface area contributed by atoms with Crippen LogP contribution in [0.5, 0.6) is 0 Å². The molecule has 5 nitrogen and oxygen atoms in total. The molecule has 1 fully saturated rings. The molecule has 19 heavy (non-hydrogen) atoms. The van der Waals surface area contributed by atoms with E-state index in [1.54, 1.807) is 0 Å². The lowest BCUT2D eigenvalue weighted by Gasteiger charge is -2.38. The molecule has 1 aliphatic heterocycles. The standard InChI is InChI=1S/C13H21ClN4O/c1-10-11(14)15-9-16-12(10)18-6-4-17(5-7-18)8-13(2,3)19/h9,19H,4-8H2,1-3H3. The van der Waals surface area contributed by atoms with E-state index < -0.39 is 5.60 Å². The van der Waals surface area contributed by atoms with Gasteiger partial charge in [0.05, 0.1) is 5.60 Å². The summed E-state index contributed by atoms with van der Waals surface area (Å²) in [6, 6.07) is 0. The summed E-state index contributed by atoms with van der Waals surface area (Å²) in [5, 5.41) is 10.4. The number of aromatic nitrogens is 2. The Balaban J connectivity index is 1.98. The van der Waals surface area contributed by atoms with Gasteiger partial charge in [0.1, 0.15) is 17.3 Å². The lowest BCUT2D eigenvalue weighted by atomic mass is 10.1. The Kier molecular flexibility index (Phi) is 4.28. The summed E-state index contributed by atoms with van der Waals surface area (Å²) < 4.78 is 0. The second kappa shape index (κ2) is 5.61. The van der Waals surface area contributed by atoms with Gasteiger partial charge < -0.3 is 10.0 Å². The first-order valence-corrected chi connectivity index (χ1v) is 6.91. The molecule has 1 aliphatic rings. The Labute approximate surface area is 119 Å². The second-order valence-electron chi connectivity index (χ2n) is 5.69. The molecular formula is C13H21ClN4O. The number of hydrogen-bond donors (Lipinski definition) is 1. The van der Waals surface area contributed by atoms with Crippen molar-refractivity contribution in [1.82, 2.24) is 14.9 Å². The Morgan fingerprint density at radius 3 is 2.47 bits per heavy atom. The first-order valence-electron chi connectivity index (χ1n) is 6.53. The van der Waals surface area contributed by atoms with Gasteiger partial charge in [-0.05, 0) is 20.8 Å². The highest BCUT2D eigenvalue weighted by Crippen LogP contribution is 2.23. The monoisotopic (exact) mass is 284 g/mol. The number of rotatable bonds is 3. The summed E-state index contributed by atoms with van der Waals surface area (Å²) in [4.78, 5) is 12.8. The molecular weight excluding hydrogens is 264 g/mol. The van der Waals surface area contributed by atoms with E-state index in [1.165, 1.54) is 6.33 Å². The normalized spacial score (nSPS) is 17.8. The van der Waals surface area contributed by atoms with E-state index >= 15 is 0 Å². The molecule has 0 atom stereocenters. The second-order valence-corrected chi connectivity index (χ2v) is 6.05. The number of β-amino-alcohol motifs (C(OH)–C–C–N with tert-alkyl or cyclic N) is 1. The molecule has 0 amide bonds. The third-order valence-electron chi connectivity index (χ3n) is 3.28. The Bertz CT molecular complexity index is 439. The van der Waals surface area contributed by atoms with Crippen LogP contribution in [0, 0.1) is 6.92 Å². The van der Waals surface area contributed by atoms with Crippen LogP contribution in [0.1, 0.15) is 19.4 Å². The zero-order valence-electron chi connectivity index (χ0n) is 11.7. The molecule has 2 rings (SSSR count). The Morgan fingerprint density at radius 1 is 1.26 bits per heavy atom. The van der Waals surface area contributed by atoms with E-state index in [-0.39, 0.29) is 0 Å². The molecule has 1 saturated heterocycles. The van der Waals surface area contributed by atoms with Gasteiger partial charge in [-0.1, -0.05) is 11.6 Å². The first kappa shape index (κ1) is 14.5. The summed E-state index contributed by atoms with van der Waals surface area (Å²) in [7, 11) is 0. The van der Waals surface area contributed by atoms with Crippen LogP contribution in [0.2, 0.25) is 5.15 Å². The van der Waals surface area contributed by atoms with Gasteiger partial charge in [-0.2, -0.15) is 0 Å². The molecule has 0 aromatic carbocycles. The quantitative estimate of drug-likeness (QED) is 0.849. The SMILES string of the molecule is Cc1c(Cl)ncnc1N1CCN(CC(C)(C)O)CC1. The van der Waals surface area contributed by atoms with E-state index in [0.717, 1.165) is 37.6 Å². The predicted octanol–water partition coefficient (Wildman–Crippen LogP) is 1.33. The molecule has 0 spiro atoms. The van der Waals surface area contributed by atoms with Crippen molar-refractivity contribution >= 4 is 17.4 Å². The molecule has 0 bridgehead atoms. The molecule has 0 radical (unpaired) electrons. The lowest BCUT2D eigenvalue weighted by Crippen LogP contribution is -2.50. The van der Waals surface area contributed by atoms with Gasteiger partial charge in [-0.15, -0.1) is 0 Å². The average Bonchev–Trinajstić information content (AvgIpc) is 2.32. The molecule has 1 aromatic rings. The lowest BCUT2D eigenvalue weighted by molar-refractivity contribution is 0.0344. The summed E-state index contributed by atoms with van der Waals surface area (Å²) in [5.41, 5.74) is 0.288. The highest BCUT2D eigenvalue weighted by atomic mass is 35.5. The van der Waals surface area contributed by atoms with E-state index in [4.69, 9.17) is 11.6 Å². The van der Waals surface area contributed by atoms with Crippen molar-refractivity contribution in [2.24, 2.45) is 0 Å². The maximum atomic E-state index is 9.84. The molecule has 1 aromatic heterocycles. The highest BCUT2D eigenvalue weighted by molar-refractivity contribution is 6.30. The van der Waals surface area contributed by atoms with Crippen molar-refractivity contribution in [2.45, 2.75) is 26.4 Å². The smallest absolute Gasteiger partial charge is 0.137 e. The van der Waals surface area contributed by atoms with Crippen LogP contribution in [0.15, 0.2) is 6.33 Å². The van der Waals surface area contributed by atoms with Gasteiger partial charge in [0.2, 0.25) is 0 Å². The van der Waals surface area contributed by atoms with Gasteiger partial charge in [-0.3, -0.25) is 4.90 Å². The Morgan fingerprint density at radius 2 is 1.89 bits per heavy atom. The van der Waals surface area contributed by atoms with E-state index in [0.29, 0.717) is 11.7 Å². The van der Waals surface area contributed by atoms with Crippen molar-refractivity contribution in [2.75, 3.05) is 37.6 Å². The van der Waals surface area contributed by atoms with Crippen LogP contribution in [0.3, 0.4) is 0 Å². The Hall–Kier alpha value is -0.910. The summed E-state index contributed by atoms with van der Waals surface area (Å²) in [6.45, 7) is 9.96. The fraction of sp³-hybridized carbons (Fsp3) is 0.692. The van der Waals surface area contributed by atoms with E-state index in [9.17, 15) is 5.11 Å². The maximum absolute atomic E-state index is 9.84. The van der Waals surface area contributed by atoms with E-state index in [1.807, 2.05) is 20.8 Å². The van der Waals surface area contributed by atoms with Gasteiger partial charge in [0, 0.05) is 38.3 Å². The minimum atomic E-state index is -0.643. The number of aliphatic hydroxyl groups is 1. The third-order valence-corrected chi connectivity index (χ3v) is 3.66. The first-order chi connectivity index (χ1) is 8.87. The van der Waals surface area contributed by atoms with Gasteiger partial charge in [0.15, 0.2) is 0 Å². The van der Waals surface area contributed by atoms with Crippen molar-refractivity contribution in [3.8, 4) is 0 Å². The summed E-state index contributed by atoms with van der Waals surface area (Å²) in [6.07, 6.45) is 1.51. The minimum absolute atomic E-state index is 0.518. The van der Waals surface area contributed by atoms with Gasteiger partial charge >= 0.3 is 0 Å². The third kappa shape index (κ3) is 3.78. The molecule has 2 heterocycles. The fourth-order valence-electron chi connectivity index (χ4n) is 2.40. The van der Waals surface area contributed by atoms with Crippen LogP contribution in [0.4, 0.5) is 5.82 Å². The van der Waals surface area contributed by atoms with Gasteiger partial charge in [-0.25, -0.2) is 9.97 Å². The molecule has 6 heteroatoms. The van der Waals surface area contributed by atoms with Crippen molar-refractivity contribution in [1.29, 1.82) is 0 Å². The van der Waals surface area contributed by atoms with Crippen LogP contribution in [0.25, 0.3) is 0 Å². The molecule has 0 unspecified atom stereocenters. The van der Waals surface area contributed by atoms with Crippen molar-refractivity contribution in [3.63, 3.8) is 0 Å². The largest absolute Gasteiger partial charge is 0.389 e. The van der Waals surface area contributed by atoms with Crippen molar-refractivity contribution < 1.29 is 5.11 Å². The number of nitrogens with zero attached hydrogens (tertiary/aromatic N) is 4. The van der Waals surface area contributed by atoms with E-state index in [2.05, 4.69) is 19.8 Å². The zero-order chi connectivity index (χ0) is 14.0. The van der Waals surface area contributed by atoms with Crippen LogP contribution in [-0.2, 0) is 0 Å². The average molecular weight is 285 g/mol. The predicted molar refractivity (Wildman–Crippen MR) is 76.7 cm³/mol. The number of piperazine rings is 1.